The predicted molar refractivity (Wildman–Crippen MR) is 145 cm³/mol. The third kappa shape index (κ3) is 8.29. The molecule has 2 aromatic heterocycles. The number of nitrogens with zero attached hydrogens (tertiary/aromatic N) is 6. The largest absolute Gasteiger partial charge is 0.394 e. The van der Waals surface area contributed by atoms with Crippen LogP contribution in [-0.4, -0.2) is 97.3 Å². The van der Waals surface area contributed by atoms with Crippen molar-refractivity contribution < 1.29 is 14.9 Å². The Kier molecular flexibility index (Phi) is 11.2. The van der Waals surface area contributed by atoms with E-state index in [2.05, 4.69) is 25.8 Å². The second-order valence-corrected chi connectivity index (χ2v) is 10.6. The van der Waals surface area contributed by atoms with Crippen molar-refractivity contribution in [2.75, 3.05) is 45.9 Å². The van der Waals surface area contributed by atoms with E-state index in [1.54, 1.807) is 6.92 Å². The van der Waals surface area contributed by atoms with Gasteiger partial charge in [0.05, 0.1) is 18.4 Å². The van der Waals surface area contributed by atoms with Crippen LogP contribution in [0.5, 0.6) is 0 Å². The molecule has 4 heterocycles. The van der Waals surface area contributed by atoms with Gasteiger partial charge in [0.15, 0.2) is 0 Å². The molecular formula is C26H44N8O5. The zero-order valence-corrected chi connectivity index (χ0v) is 23.0. The van der Waals surface area contributed by atoms with E-state index in [1.165, 1.54) is 21.8 Å². The quantitative estimate of drug-likeness (QED) is 0.293. The number of nitrogens with one attached hydrogen (secondary N) is 2. The predicted octanol–water partition coefficient (Wildman–Crippen LogP) is -0.804. The summed E-state index contributed by atoms with van der Waals surface area (Å²) in [6.07, 6.45) is 6.06. The Morgan fingerprint density at radius 1 is 1.03 bits per heavy atom. The molecule has 0 unspecified atom stereocenters. The van der Waals surface area contributed by atoms with Crippen LogP contribution in [0.1, 0.15) is 56.0 Å². The standard InChI is InChI=1S/C26H44N8O5/c1-20-16-34(24-15-22(36)23(19-35)39-24)26(38)33(25(20)37)14-3-2-13-32-18-21(29-30-32)17-31-11-5-9-27-7-4-8-28-10-6-12-31/h16,18,22-24,27-28,35-36H,2-15,17,19H2,1H3/t22-,23+,24+/m0/s1. The first-order valence-electron chi connectivity index (χ1n) is 14.3. The Bertz CT molecular complexity index is 1140. The van der Waals surface area contributed by atoms with Crippen molar-refractivity contribution in [1.29, 1.82) is 0 Å². The van der Waals surface area contributed by atoms with E-state index >= 15 is 0 Å². The van der Waals surface area contributed by atoms with Gasteiger partial charge in [-0.05, 0) is 78.3 Å². The Morgan fingerprint density at radius 2 is 1.72 bits per heavy atom. The maximum Gasteiger partial charge on any atom is 0.333 e. The van der Waals surface area contributed by atoms with Crippen LogP contribution in [0, 0.1) is 6.92 Å². The van der Waals surface area contributed by atoms with Gasteiger partial charge >= 0.3 is 5.69 Å². The Balaban J connectivity index is 1.28. The zero-order chi connectivity index (χ0) is 27.6. The second kappa shape index (κ2) is 14.8. The highest BCUT2D eigenvalue weighted by Gasteiger charge is 2.35. The minimum absolute atomic E-state index is 0.183. The van der Waals surface area contributed by atoms with Crippen LogP contribution >= 0.6 is 0 Å². The molecule has 0 saturated carbocycles. The number of unbranched alkanes of at least 4 members (excludes halogenated alkanes) is 1. The summed E-state index contributed by atoms with van der Waals surface area (Å²) in [7, 11) is 0. The normalized spacial score (nSPS) is 23.9. The fourth-order valence-corrected chi connectivity index (χ4v) is 5.22. The lowest BCUT2D eigenvalue weighted by atomic mass is 10.2. The van der Waals surface area contributed by atoms with Gasteiger partial charge in [-0.25, -0.2) is 4.79 Å². The number of aromatic nitrogens is 5. The first kappa shape index (κ1) is 29.6. The molecule has 4 rings (SSSR count). The molecule has 2 fully saturated rings. The molecule has 0 radical (unpaired) electrons. The van der Waals surface area contributed by atoms with Gasteiger partial charge in [0.2, 0.25) is 0 Å². The molecule has 0 aromatic carbocycles. The maximum atomic E-state index is 13.1. The van der Waals surface area contributed by atoms with Crippen molar-refractivity contribution in [2.45, 2.75) is 83.5 Å². The third-order valence-electron chi connectivity index (χ3n) is 7.41. The second-order valence-electron chi connectivity index (χ2n) is 10.6. The van der Waals surface area contributed by atoms with Crippen molar-refractivity contribution in [1.82, 2.24) is 39.7 Å². The highest BCUT2D eigenvalue weighted by atomic mass is 16.5. The average molecular weight is 549 g/mol. The molecule has 2 aromatic rings. The van der Waals surface area contributed by atoms with Gasteiger partial charge < -0.3 is 25.6 Å². The minimum atomic E-state index is -0.860. The number of aliphatic hydroxyl groups is 2. The van der Waals surface area contributed by atoms with Crippen LogP contribution in [0.2, 0.25) is 0 Å². The average Bonchev–Trinajstić information content (AvgIpc) is 3.52. The topological polar surface area (TPSA) is 152 Å². The van der Waals surface area contributed by atoms with Gasteiger partial charge in [-0.2, -0.15) is 0 Å². The van der Waals surface area contributed by atoms with Gasteiger partial charge in [-0.15, -0.1) is 5.10 Å². The van der Waals surface area contributed by atoms with E-state index in [1.807, 2.05) is 10.9 Å². The van der Waals surface area contributed by atoms with Crippen molar-refractivity contribution >= 4 is 0 Å². The number of aliphatic hydroxyl groups excluding tert-OH is 2. The molecule has 2 aliphatic heterocycles. The van der Waals surface area contributed by atoms with Gasteiger partial charge in [0.25, 0.3) is 5.56 Å². The van der Waals surface area contributed by atoms with Crippen molar-refractivity contribution in [3.05, 3.63) is 44.5 Å². The number of ether oxygens (including phenoxy) is 1. The molecule has 39 heavy (non-hydrogen) atoms. The molecule has 0 aliphatic carbocycles. The van der Waals surface area contributed by atoms with Crippen molar-refractivity contribution in [3.8, 4) is 0 Å². The van der Waals surface area contributed by atoms with Crippen LogP contribution in [0.3, 0.4) is 0 Å². The lowest BCUT2D eigenvalue weighted by Gasteiger charge is -2.22. The summed E-state index contributed by atoms with van der Waals surface area (Å²) in [6, 6.07) is 0. The first-order valence-corrected chi connectivity index (χ1v) is 14.3. The van der Waals surface area contributed by atoms with E-state index in [0.29, 0.717) is 18.5 Å². The van der Waals surface area contributed by atoms with E-state index in [0.717, 1.165) is 70.8 Å². The molecule has 218 valence electrons. The van der Waals surface area contributed by atoms with Gasteiger partial charge in [0.1, 0.15) is 12.3 Å². The summed E-state index contributed by atoms with van der Waals surface area (Å²) in [5, 5.41) is 35.1. The van der Waals surface area contributed by atoms with E-state index in [4.69, 9.17) is 4.74 Å². The molecule has 2 aliphatic rings. The SMILES string of the molecule is Cc1cn([C@H]2C[C@H](O)[C@@H](CO)O2)c(=O)n(CCCCn2cc(CN3CCCNCCCNCCC3)nn2)c1=O. The molecule has 0 amide bonds. The van der Waals surface area contributed by atoms with Crippen LogP contribution in [0.25, 0.3) is 0 Å². The highest BCUT2D eigenvalue weighted by molar-refractivity contribution is 5.04. The molecule has 13 nitrogen and oxygen atoms in total. The van der Waals surface area contributed by atoms with Crippen LogP contribution in [0.15, 0.2) is 22.0 Å². The smallest absolute Gasteiger partial charge is 0.333 e. The van der Waals surface area contributed by atoms with Crippen molar-refractivity contribution in [3.63, 3.8) is 0 Å². The fourth-order valence-electron chi connectivity index (χ4n) is 5.22. The summed E-state index contributed by atoms with van der Waals surface area (Å²) in [4.78, 5) is 28.2. The Morgan fingerprint density at radius 3 is 2.41 bits per heavy atom. The van der Waals surface area contributed by atoms with Crippen LogP contribution < -0.4 is 21.9 Å². The molecule has 0 bridgehead atoms. The Labute approximate surface area is 228 Å². The van der Waals surface area contributed by atoms with E-state index in [-0.39, 0.29) is 25.1 Å². The minimum Gasteiger partial charge on any atom is -0.394 e. The molecule has 4 N–H and O–H groups in total. The lowest BCUT2D eigenvalue weighted by Crippen LogP contribution is -2.42. The summed E-state index contributed by atoms with van der Waals surface area (Å²) < 4.78 is 10.0. The number of rotatable bonds is 9. The fraction of sp³-hybridized carbons (Fsp3) is 0.769. The zero-order valence-electron chi connectivity index (χ0n) is 23.0. The molecule has 13 heteroatoms. The lowest BCUT2D eigenvalue weighted by molar-refractivity contribution is -0.0464. The van der Waals surface area contributed by atoms with Gasteiger partial charge in [-0.3, -0.25) is 23.5 Å². The Hall–Kier alpha value is -2.42. The monoisotopic (exact) mass is 548 g/mol. The van der Waals surface area contributed by atoms with Gasteiger partial charge in [0, 0.05) is 44.0 Å². The molecular weight excluding hydrogens is 504 g/mol. The highest BCUT2D eigenvalue weighted by Crippen LogP contribution is 2.27. The number of hydrogen-bond acceptors (Lipinski definition) is 10. The summed E-state index contributed by atoms with van der Waals surface area (Å²) in [5.74, 6) is 0. The van der Waals surface area contributed by atoms with Gasteiger partial charge in [-0.1, -0.05) is 5.21 Å². The van der Waals surface area contributed by atoms with Crippen molar-refractivity contribution in [2.24, 2.45) is 0 Å². The number of hydrogen-bond donors (Lipinski definition) is 4. The molecule has 0 spiro atoms. The van der Waals surface area contributed by atoms with Crippen LogP contribution in [-0.2, 0) is 24.4 Å². The molecule has 3 atom stereocenters. The summed E-state index contributed by atoms with van der Waals surface area (Å²) >= 11 is 0. The van der Waals surface area contributed by atoms with E-state index in [9.17, 15) is 19.8 Å². The first-order chi connectivity index (χ1) is 19.0. The van der Waals surface area contributed by atoms with E-state index < -0.39 is 24.1 Å². The van der Waals surface area contributed by atoms with Crippen LogP contribution in [0.4, 0.5) is 0 Å². The molecule has 2 saturated heterocycles. The summed E-state index contributed by atoms with van der Waals surface area (Å²) in [6.45, 7) is 9.22. The number of aryl methyl sites for hydroxylation is 2. The maximum absolute atomic E-state index is 13.1. The summed E-state index contributed by atoms with van der Waals surface area (Å²) in [5.41, 5.74) is 0.573. The third-order valence-corrected chi connectivity index (χ3v) is 7.41.